The van der Waals surface area contributed by atoms with Crippen LogP contribution in [0.2, 0.25) is 0 Å². The molecule has 0 spiro atoms. The molecular weight excluding hydrogens is 294 g/mol. The summed E-state index contributed by atoms with van der Waals surface area (Å²) in [5.74, 6) is 1.05. The Kier molecular flexibility index (Phi) is 8.21. The third kappa shape index (κ3) is 7.28. The van der Waals surface area contributed by atoms with Gasteiger partial charge in [-0.1, -0.05) is 0 Å². The molecule has 0 aliphatic heterocycles. The standard InChI is InChI=1S/C14H23NO3S2/c1-18-11-10-15-9-3-4-12-19-13-5-7-14(8-6-13)20(2,16)17/h5-8,15H,3-4,9-12H2,1-2H3. The molecule has 1 aromatic rings. The van der Waals surface area contributed by atoms with Crippen LogP contribution in [0.1, 0.15) is 12.8 Å². The van der Waals surface area contributed by atoms with Gasteiger partial charge < -0.3 is 10.1 Å². The van der Waals surface area contributed by atoms with Crippen molar-refractivity contribution in [1.82, 2.24) is 5.32 Å². The lowest BCUT2D eigenvalue weighted by Gasteiger charge is -2.05. The molecule has 0 fully saturated rings. The van der Waals surface area contributed by atoms with Crippen molar-refractivity contribution in [3.63, 3.8) is 0 Å². The summed E-state index contributed by atoms with van der Waals surface area (Å²) in [6.07, 6.45) is 3.50. The zero-order valence-corrected chi connectivity index (χ0v) is 13.7. The predicted molar refractivity (Wildman–Crippen MR) is 84.3 cm³/mol. The normalized spacial score (nSPS) is 11.7. The van der Waals surface area contributed by atoms with Gasteiger partial charge in [0.15, 0.2) is 9.84 Å². The quantitative estimate of drug-likeness (QED) is 0.529. The molecule has 1 aromatic carbocycles. The molecule has 4 nitrogen and oxygen atoms in total. The van der Waals surface area contributed by atoms with Crippen molar-refractivity contribution in [3.05, 3.63) is 24.3 Å². The van der Waals surface area contributed by atoms with Gasteiger partial charge in [-0.25, -0.2) is 8.42 Å². The van der Waals surface area contributed by atoms with Crippen molar-refractivity contribution in [3.8, 4) is 0 Å². The molecule has 6 heteroatoms. The summed E-state index contributed by atoms with van der Waals surface area (Å²) in [5.41, 5.74) is 0. The van der Waals surface area contributed by atoms with E-state index in [2.05, 4.69) is 5.32 Å². The van der Waals surface area contributed by atoms with Gasteiger partial charge in [-0.15, -0.1) is 11.8 Å². The number of benzene rings is 1. The van der Waals surface area contributed by atoms with Crippen molar-refractivity contribution in [2.24, 2.45) is 0 Å². The van der Waals surface area contributed by atoms with Gasteiger partial charge in [-0.2, -0.15) is 0 Å². The van der Waals surface area contributed by atoms with E-state index < -0.39 is 9.84 Å². The maximum Gasteiger partial charge on any atom is 0.175 e. The van der Waals surface area contributed by atoms with E-state index in [0.717, 1.165) is 43.2 Å². The van der Waals surface area contributed by atoms with Crippen LogP contribution in [0.25, 0.3) is 0 Å². The van der Waals surface area contributed by atoms with Crippen LogP contribution in [-0.4, -0.2) is 47.2 Å². The molecule has 1 rings (SSSR count). The van der Waals surface area contributed by atoms with Crippen molar-refractivity contribution < 1.29 is 13.2 Å². The zero-order valence-electron chi connectivity index (χ0n) is 12.1. The van der Waals surface area contributed by atoms with Crippen LogP contribution >= 0.6 is 11.8 Å². The number of nitrogens with one attached hydrogen (secondary N) is 1. The van der Waals surface area contributed by atoms with Gasteiger partial charge in [0.1, 0.15) is 0 Å². The number of rotatable bonds is 10. The number of ether oxygens (including phenoxy) is 1. The molecule has 114 valence electrons. The highest BCUT2D eigenvalue weighted by molar-refractivity contribution is 7.99. The largest absolute Gasteiger partial charge is 0.383 e. The first-order valence-electron chi connectivity index (χ1n) is 6.66. The van der Waals surface area contributed by atoms with Crippen molar-refractivity contribution >= 4 is 21.6 Å². The summed E-state index contributed by atoms with van der Waals surface area (Å²) in [5, 5.41) is 3.31. The molecule has 0 saturated carbocycles. The Morgan fingerprint density at radius 1 is 1.15 bits per heavy atom. The minimum atomic E-state index is -3.09. The molecule has 0 heterocycles. The Balaban J connectivity index is 2.16. The molecular formula is C14H23NO3S2. The third-order valence-corrected chi connectivity index (χ3v) is 4.98. The summed E-state index contributed by atoms with van der Waals surface area (Å²) in [6, 6.07) is 7.09. The lowest BCUT2D eigenvalue weighted by Crippen LogP contribution is -2.20. The van der Waals surface area contributed by atoms with Crippen LogP contribution in [-0.2, 0) is 14.6 Å². The summed E-state index contributed by atoms with van der Waals surface area (Å²) in [6.45, 7) is 2.66. The van der Waals surface area contributed by atoms with Gasteiger partial charge >= 0.3 is 0 Å². The van der Waals surface area contributed by atoms with Gasteiger partial charge in [0.05, 0.1) is 11.5 Å². The highest BCUT2D eigenvalue weighted by Gasteiger charge is 2.05. The van der Waals surface area contributed by atoms with Gasteiger partial charge in [0, 0.05) is 24.8 Å². The highest BCUT2D eigenvalue weighted by atomic mass is 32.2. The Hall–Kier alpha value is -0.560. The number of unbranched alkanes of at least 4 members (excludes halogenated alkanes) is 1. The van der Waals surface area contributed by atoms with Gasteiger partial charge in [0.25, 0.3) is 0 Å². The van der Waals surface area contributed by atoms with E-state index in [4.69, 9.17) is 4.74 Å². The highest BCUT2D eigenvalue weighted by Crippen LogP contribution is 2.21. The molecule has 0 atom stereocenters. The molecule has 0 bridgehead atoms. The predicted octanol–water partition coefficient (Wildman–Crippen LogP) is 2.20. The fraction of sp³-hybridized carbons (Fsp3) is 0.571. The SMILES string of the molecule is COCCNCCCCSc1ccc(S(C)(=O)=O)cc1. The van der Waals surface area contributed by atoms with E-state index in [0.29, 0.717) is 4.90 Å². The first-order chi connectivity index (χ1) is 9.54. The Labute approximate surface area is 126 Å². The first kappa shape index (κ1) is 17.5. The summed E-state index contributed by atoms with van der Waals surface area (Å²) >= 11 is 1.76. The molecule has 0 unspecified atom stereocenters. The first-order valence-corrected chi connectivity index (χ1v) is 9.54. The Bertz CT molecular complexity index is 472. The molecule has 0 saturated heterocycles. The average Bonchev–Trinajstić information content (AvgIpc) is 2.41. The second-order valence-electron chi connectivity index (χ2n) is 4.54. The zero-order chi connectivity index (χ0) is 14.8. The lowest BCUT2D eigenvalue weighted by atomic mass is 10.3. The lowest BCUT2D eigenvalue weighted by molar-refractivity contribution is 0.199. The maximum atomic E-state index is 11.3. The molecule has 1 N–H and O–H groups in total. The third-order valence-electron chi connectivity index (χ3n) is 2.75. The van der Waals surface area contributed by atoms with Crippen LogP contribution in [0.3, 0.4) is 0 Å². The van der Waals surface area contributed by atoms with E-state index in [9.17, 15) is 8.42 Å². The number of methoxy groups -OCH3 is 1. The fourth-order valence-corrected chi connectivity index (χ4v) is 3.17. The van der Waals surface area contributed by atoms with Gasteiger partial charge in [0.2, 0.25) is 0 Å². The van der Waals surface area contributed by atoms with Crippen LogP contribution in [0.4, 0.5) is 0 Å². The van der Waals surface area contributed by atoms with Gasteiger partial charge in [-0.05, 0) is 49.4 Å². The Morgan fingerprint density at radius 3 is 2.45 bits per heavy atom. The number of hydrogen-bond acceptors (Lipinski definition) is 5. The van der Waals surface area contributed by atoms with E-state index >= 15 is 0 Å². The van der Waals surface area contributed by atoms with Crippen molar-refractivity contribution in [2.75, 3.05) is 38.8 Å². The average molecular weight is 317 g/mol. The van der Waals surface area contributed by atoms with Crippen LogP contribution in [0, 0.1) is 0 Å². The van der Waals surface area contributed by atoms with E-state index in [1.165, 1.54) is 6.26 Å². The van der Waals surface area contributed by atoms with Crippen molar-refractivity contribution in [2.45, 2.75) is 22.6 Å². The number of sulfone groups is 1. The Morgan fingerprint density at radius 2 is 1.85 bits per heavy atom. The molecule has 0 amide bonds. The minimum Gasteiger partial charge on any atom is -0.383 e. The molecule has 0 radical (unpaired) electrons. The van der Waals surface area contributed by atoms with E-state index in [1.54, 1.807) is 31.0 Å². The summed E-state index contributed by atoms with van der Waals surface area (Å²) in [4.78, 5) is 1.49. The second-order valence-corrected chi connectivity index (χ2v) is 7.73. The van der Waals surface area contributed by atoms with E-state index in [-0.39, 0.29) is 0 Å². The second kappa shape index (κ2) is 9.39. The van der Waals surface area contributed by atoms with E-state index in [1.807, 2.05) is 12.1 Å². The molecule has 0 aromatic heterocycles. The maximum absolute atomic E-state index is 11.3. The minimum absolute atomic E-state index is 0.379. The molecule has 0 aliphatic rings. The topological polar surface area (TPSA) is 55.4 Å². The van der Waals surface area contributed by atoms with Gasteiger partial charge in [-0.3, -0.25) is 0 Å². The van der Waals surface area contributed by atoms with Crippen LogP contribution in [0.5, 0.6) is 0 Å². The summed E-state index contributed by atoms with van der Waals surface area (Å²) < 4.78 is 27.6. The monoisotopic (exact) mass is 317 g/mol. The number of thioether (sulfide) groups is 1. The number of hydrogen-bond donors (Lipinski definition) is 1. The van der Waals surface area contributed by atoms with Crippen molar-refractivity contribution in [1.29, 1.82) is 0 Å². The molecule has 20 heavy (non-hydrogen) atoms. The van der Waals surface area contributed by atoms with Crippen LogP contribution < -0.4 is 5.32 Å². The molecule has 0 aliphatic carbocycles. The van der Waals surface area contributed by atoms with Crippen LogP contribution in [0.15, 0.2) is 34.1 Å². The fourth-order valence-electron chi connectivity index (χ4n) is 1.62. The summed E-state index contributed by atoms with van der Waals surface area (Å²) in [7, 11) is -1.39. The smallest absolute Gasteiger partial charge is 0.175 e.